The third-order valence-corrected chi connectivity index (χ3v) is 3.86. The van der Waals surface area contributed by atoms with Gasteiger partial charge in [-0.25, -0.2) is 4.79 Å². The van der Waals surface area contributed by atoms with E-state index in [4.69, 9.17) is 4.74 Å². The predicted molar refractivity (Wildman–Crippen MR) is 91.9 cm³/mol. The van der Waals surface area contributed by atoms with Crippen LogP contribution in [0, 0.1) is 0 Å². The molecule has 1 aromatic heterocycles. The Kier molecular flexibility index (Phi) is 4.75. The molecule has 0 N–H and O–H groups in total. The van der Waals surface area contributed by atoms with Crippen LogP contribution < -0.4 is 0 Å². The maximum absolute atomic E-state index is 12.2. The summed E-state index contributed by atoms with van der Waals surface area (Å²) in [6, 6.07) is 9.76. The number of nitrogens with zero attached hydrogens (tertiary/aromatic N) is 2. The summed E-state index contributed by atoms with van der Waals surface area (Å²) in [6.07, 6.45) is -0.351. The molecule has 0 fully saturated rings. The van der Waals surface area contributed by atoms with Crippen LogP contribution in [0.25, 0.3) is 10.9 Å². The van der Waals surface area contributed by atoms with E-state index in [1.165, 1.54) is 0 Å². The number of aromatic nitrogens is 1. The van der Waals surface area contributed by atoms with E-state index in [1.807, 2.05) is 58.0 Å². The van der Waals surface area contributed by atoms with Crippen LogP contribution in [0.3, 0.4) is 0 Å². The lowest BCUT2D eigenvalue weighted by molar-refractivity contribution is 0.0231. The van der Waals surface area contributed by atoms with Crippen molar-refractivity contribution < 1.29 is 9.53 Å². The lowest BCUT2D eigenvalue weighted by Gasteiger charge is -2.28. The van der Waals surface area contributed by atoms with Gasteiger partial charge in [-0.3, -0.25) is 4.98 Å². The van der Waals surface area contributed by atoms with Gasteiger partial charge in [0.2, 0.25) is 0 Å². The number of benzene rings is 1. The highest BCUT2D eigenvalue weighted by Crippen LogP contribution is 2.24. The molecular weight excluding hydrogens is 344 g/mol. The van der Waals surface area contributed by atoms with Gasteiger partial charge in [-0.05, 0) is 45.9 Å². The number of halogens is 1. The largest absolute Gasteiger partial charge is 0.444 e. The van der Waals surface area contributed by atoms with Crippen LogP contribution in [0.1, 0.15) is 39.4 Å². The van der Waals surface area contributed by atoms with Gasteiger partial charge in [0.25, 0.3) is 0 Å². The van der Waals surface area contributed by atoms with Gasteiger partial charge >= 0.3 is 6.09 Å². The van der Waals surface area contributed by atoms with Crippen molar-refractivity contribution in [1.29, 1.82) is 0 Å². The van der Waals surface area contributed by atoms with E-state index in [-0.39, 0.29) is 12.1 Å². The first-order valence-corrected chi connectivity index (χ1v) is 7.99. The van der Waals surface area contributed by atoms with Crippen LogP contribution >= 0.6 is 15.9 Å². The van der Waals surface area contributed by atoms with Gasteiger partial charge in [-0.1, -0.05) is 28.1 Å². The van der Waals surface area contributed by atoms with E-state index in [1.54, 1.807) is 11.9 Å². The molecule has 1 heterocycles. The Hall–Kier alpha value is -1.62. The van der Waals surface area contributed by atoms with Crippen molar-refractivity contribution in [2.75, 3.05) is 7.05 Å². The Morgan fingerprint density at radius 3 is 2.55 bits per heavy atom. The molecule has 2 aromatic rings. The van der Waals surface area contributed by atoms with E-state index in [9.17, 15) is 4.79 Å². The molecule has 0 aliphatic heterocycles. The quantitative estimate of drug-likeness (QED) is 0.758. The Morgan fingerprint density at radius 2 is 1.91 bits per heavy atom. The van der Waals surface area contributed by atoms with Crippen LogP contribution in [-0.2, 0) is 4.74 Å². The number of ether oxygens (including phenoxy) is 1. The maximum Gasteiger partial charge on any atom is 0.410 e. The predicted octanol–water partition coefficient (Wildman–Crippen LogP) is 4.93. The average molecular weight is 365 g/mol. The summed E-state index contributed by atoms with van der Waals surface area (Å²) < 4.78 is 6.38. The maximum atomic E-state index is 12.2. The lowest BCUT2D eigenvalue weighted by Crippen LogP contribution is -2.36. The first-order valence-electron chi connectivity index (χ1n) is 7.19. The van der Waals surface area contributed by atoms with E-state index in [0.29, 0.717) is 0 Å². The Labute approximate surface area is 139 Å². The smallest absolute Gasteiger partial charge is 0.410 e. The molecule has 118 valence electrons. The highest BCUT2D eigenvalue weighted by molar-refractivity contribution is 9.10. The molecule has 5 heteroatoms. The zero-order chi connectivity index (χ0) is 16.5. The number of fused-ring (bicyclic) bond motifs is 1. The van der Waals surface area contributed by atoms with Gasteiger partial charge in [0.1, 0.15) is 5.60 Å². The fraction of sp³-hybridized carbons (Fsp3) is 0.412. The second kappa shape index (κ2) is 6.24. The van der Waals surface area contributed by atoms with Crippen molar-refractivity contribution in [2.45, 2.75) is 39.3 Å². The minimum atomic E-state index is -0.507. The van der Waals surface area contributed by atoms with E-state index in [2.05, 4.69) is 20.9 Å². The number of pyridine rings is 1. The zero-order valence-electron chi connectivity index (χ0n) is 13.6. The fourth-order valence-electron chi connectivity index (χ4n) is 2.03. The molecule has 0 spiro atoms. The number of hydrogen-bond acceptors (Lipinski definition) is 3. The van der Waals surface area contributed by atoms with Gasteiger partial charge in [-0.2, -0.15) is 0 Å². The van der Waals surface area contributed by atoms with Gasteiger partial charge in [0.15, 0.2) is 0 Å². The van der Waals surface area contributed by atoms with E-state index in [0.717, 1.165) is 21.1 Å². The average Bonchev–Trinajstić information content (AvgIpc) is 2.43. The number of carbonyl (C=O) groups is 1. The van der Waals surface area contributed by atoms with E-state index >= 15 is 0 Å². The standard InChI is InChI=1S/C17H21BrN2O2/c1-11(20(5)16(21)22-17(2,3)4)14-9-7-12-6-8-13(18)10-15(12)19-14/h6-11H,1-5H3. The van der Waals surface area contributed by atoms with Crippen molar-refractivity contribution in [3.05, 3.63) is 40.5 Å². The van der Waals surface area contributed by atoms with Crippen molar-refractivity contribution >= 4 is 32.9 Å². The minimum absolute atomic E-state index is 0.168. The van der Waals surface area contributed by atoms with Crippen LogP contribution in [0.4, 0.5) is 4.79 Å². The summed E-state index contributed by atoms with van der Waals surface area (Å²) in [6.45, 7) is 7.51. The summed E-state index contributed by atoms with van der Waals surface area (Å²) in [5.41, 5.74) is 1.22. The van der Waals surface area contributed by atoms with Crippen molar-refractivity contribution in [3.8, 4) is 0 Å². The molecule has 0 aliphatic rings. The Morgan fingerprint density at radius 1 is 1.27 bits per heavy atom. The highest BCUT2D eigenvalue weighted by Gasteiger charge is 2.24. The molecule has 0 aliphatic carbocycles. The topological polar surface area (TPSA) is 42.4 Å². The third kappa shape index (κ3) is 3.97. The van der Waals surface area contributed by atoms with Gasteiger partial charge in [0.05, 0.1) is 17.3 Å². The number of carbonyl (C=O) groups excluding carboxylic acids is 1. The van der Waals surface area contributed by atoms with Gasteiger partial charge in [-0.15, -0.1) is 0 Å². The Balaban J connectivity index is 2.25. The summed E-state index contributed by atoms with van der Waals surface area (Å²) in [5.74, 6) is 0. The number of hydrogen-bond donors (Lipinski definition) is 0. The summed E-state index contributed by atoms with van der Waals surface area (Å²) in [7, 11) is 1.73. The molecule has 1 amide bonds. The molecule has 2 rings (SSSR count). The number of rotatable bonds is 2. The summed E-state index contributed by atoms with van der Waals surface area (Å²) in [4.78, 5) is 18.4. The van der Waals surface area contributed by atoms with Gasteiger partial charge < -0.3 is 9.64 Å². The first-order chi connectivity index (χ1) is 10.2. The zero-order valence-corrected chi connectivity index (χ0v) is 15.1. The molecule has 1 aromatic carbocycles. The molecule has 4 nitrogen and oxygen atoms in total. The van der Waals surface area contributed by atoms with Crippen LogP contribution in [0.2, 0.25) is 0 Å². The van der Waals surface area contributed by atoms with Crippen molar-refractivity contribution in [2.24, 2.45) is 0 Å². The highest BCUT2D eigenvalue weighted by atomic mass is 79.9. The van der Waals surface area contributed by atoms with Crippen molar-refractivity contribution in [3.63, 3.8) is 0 Å². The van der Waals surface area contributed by atoms with Gasteiger partial charge in [0, 0.05) is 16.9 Å². The fourth-order valence-corrected chi connectivity index (χ4v) is 2.38. The monoisotopic (exact) mass is 364 g/mol. The lowest BCUT2D eigenvalue weighted by atomic mass is 10.1. The Bertz CT molecular complexity index is 695. The summed E-state index contributed by atoms with van der Waals surface area (Å²) >= 11 is 3.45. The second-order valence-electron chi connectivity index (χ2n) is 6.34. The normalized spacial score (nSPS) is 13.0. The molecule has 22 heavy (non-hydrogen) atoms. The first kappa shape index (κ1) is 16.7. The second-order valence-corrected chi connectivity index (χ2v) is 7.26. The minimum Gasteiger partial charge on any atom is -0.444 e. The summed E-state index contributed by atoms with van der Waals surface area (Å²) in [5, 5.41) is 1.07. The molecule has 0 radical (unpaired) electrons. The molecule has 0 saturated carbocycles. The van der Waals surface area contributed by atoms with Crippen LogP contribution in [-0.4, -0.2) is 28.6 Å². The van der Waals surface area contributed by atoms with Crippen molar-refractivity contribution in [1.82, 2.24) is 9.88 Å². The van der Waals surface area contributed by atoms with Crippen LogP contribution in [0.5, 0.6) is 0 Å². The SMILES string of the molecule is CC(c1ccc2ccc(Br)cc2n1)N(C)C(=O)OC(C)(C)C. The molecule has 1 unspecified atom stereocenters. The van der Waals surface area contributed by atoms with E-state index < -0.39 is 5.60 Å². The third-order valence-electron chi connectivity index (χ3n) is 3.37. The molecule has 1 atom stereocenters. The van der Waals surface area contributed by atoms with Crippen LogP contribution in [0.15, 0.2) is 34.8 Å². The number of amides is 1. The molecule has 0 saturated heterocycles. The molecule has 0 bridgehead atoms. The molecular formula is C17H21BrN2O2.